The summed E-state index contributed by atoms with van der Waals surface area (Å²) in [5, 5.41) is 0. The average molecular weight is 473 g/mol. The van der Waals surface area contributed by atoms with Crippen molar-refractivity contribution >= 4 is 0 Å². The average Bonchev–Trinajstić information content (AvgIpc) is 2.90. The van der Waals surface area contributed by atoms with Crippen LogP contribution in [0.4, 0.5) is 0 Å². The molecule has 0 fully saturated rings. The molecule has 0 saturated carbocycles. The lowest BCUT2D eigenvalue weighted by atomic mass is 10.0. The Balaban J connectivity index is 1.32. The zero-order valence-corrected chi connectivity index (χ0v) is 21.9. The highest BCUT2D eigenvalue weighted by atomic mass is 16.5. The van der Waals surface area contributed by atoms with Crippen molar-refractivity contribution in [1.29, 1.82) is 0 Å². The summed E-state index contributed by atoms with van der Waals surface area (Å²) in [5.41, 5.74) is 4.94. The molecule has 0 amide bonds. The number of unbranched alkanes of at least 4 members (excludes halogenated alkanes) is 7. The Labute approximate surface area is 213 Å². The second-order valence-electron chi connectivity index (χ2n) is 9.81. The molecule has 3 rings (SSSR count). The van der Waals surface area contributed by atoms with E-state index in [4.69, 9.17) is 4.74 Å². The summed E-state index contributed by atoms with van der Waals surface area (Å²) in [6.45, 7) is 5.09. The van der Waals surface area contributed by atoms with Crippen LogP contribution in [-0.4, -0.2) is 16.1 Å². The lowest BCUT2D eigenvalue weighted by Crippen LogP contribution is -2.09. The first-order valence-electron chi connectivity index (χ1n) is 13.8. The summed E-state index contributed by atoms with van der Waals surface area (Å²) < 4.78 is 5.97. The first-order valence-corrected chi connectivity index (χ1v) is 13.8. The maximum atomic E-state index is 5.97. The fourth-order valence-electron chi connectivity index (χ4n) is 4.40. The van der Waals surface area contributed by atoms with Crippen LogP contribution in [0.1, 0.15) is 95.0 Å². The molecule has 0 saturated heterocycles. The van der Waals surface area contributed by atoms with Crippen molar-refractivity contribution in [3.8, 4) is 11.1 Å². The van der Waals surface area contributed by atoms with E-state index in [1.807, 2.05) is 18.5 Å². The van der Waals surface area contributed by atoms with Gasteiger partial charge in [-0.3, -0.25) is 0 Å². The molecular weight excluding hydrogens is 428 g/mol. The van der Waals surface area contributed by atoms with Crippen LogP contribution in [0.25, 0.3) is 11.1 Å². The zero-order valence-electron chi connectivity index (χ0n) is 21.9. The van der Waals surface area contributed by atoms with Crippen molar-refractivity contribution < 1.29 is 4.74 Å². The Bertz CT molecular complexity index is 922. The van der Waals surface area contributed by atoms with Gasteiger partial charge >= 0.3 is 0 Å². The number of aryl methyl sites for hydroxylation is 2. The van der Waals surface area contributed by atoms with Gasteiger partial charge in [-0.25, -0.2) is 9.97 Å². The molecule has 0 aliphatic rings. The molecule has 1 atom stereocenters. The van der Waals surface area contributed by atoms with E-state index in [0.29, 0.717) is 6.61 Å². The first kappa shape index (κ1) is 27.1. The minimum absolute atomic E-state index is 0.235. The number of rotatable bonds is 17. The minimum atomic E-state index is 0.235. The molecule has 3 aromatic rings. The molecule has 0 radical (unpaired) electrons. The molecule has 0 spiro atoms. The van der Waals surface area contributed by atoms with Crippen molar-refractivity contribution in [2.24, 2.45) is 0 Å². The molecule has 0 aliphatic heterocycles. The van der Waals surface area contributed by atoms with Gasteiger partial charge < -0.3 is 4.74 Å². The van der Waals surface area contributed by atoms with Gasteiger partial charge in [0.15, 0.2) is 0 Å². The summed E-state index contributed by atoms with van der Waals surface area (Å²) in [5.74, 6) is 0.912. The second-order valence-corrected chi connectivity index (χ2v) is 9.81. The summed E-state index contributed by atoms with van der Waals surface area (Å²) in [6.07, 6.45) is 19.2. The van der Waals surface area contributed by atoms with Crippen LogP contribution in [-0.2, 0) is 24.2 Å². The molecule has 3 heteroatoms. The molecule has 1 unspecified atom stereocenters. The van der Waals surface area contributed by atoms with E-state index in [0.717, 1.165) is 30.7 Å². The number of hydrogen-bond donors (Lipinski definition) is 0. The van der Waals surface area contributed by atoms with Gasteiger partial charge in [0.1, 0.15) is 5.82 Å². The van der Waals surface area contributed by atoms with Crippen molar-refractivity contribution in [2.75, 3.05) is 0 Å². The van der Waals surface area contributed by atoms with E-state index in [1.54, 1.807) is 0 Å². The third kappa shape index (κ3) is 10.7. The second kappa shape index (κ2) is 16.2. The van der Waals surface area contributed by atoms with Gasteiger partial charge in [0, 0.05) is 24.4 Å². The van der Waals surface area contributed by atoms with E-state index in [2.05, 4.69) is 72.3 Å². The monoisotopic (exact) mass is 472 g/mol. The van der Waals surface area contributed by atoms with Crippen molar-refractivity contribution in [2.45, 2.75) is 104 Å². The van der Waals surface area contributed by atoms with Gasteiger partial charge in [-0.05, 0) is 49.3 Å². The van der Waals surface area contributed by atoms with Crippen LogP contribution < -0.4 is 0 Å². The normalized spacial score (nSPS) is 12.1. The molecule has 0 N–H and O–H groups in total. The minimum Gasteiger partial charge on any atom is -0.374 e. The van der Waals surface area contributed by atoms with Gasteiger partial charge in [-0.2, -0.15) is 0 Å². The summed E-state index contributed by atoms with van der Waals surface area (Å²) in [7, 11) is 0. The predicted octanol–water partition coefficient (Wildman–Crippen LogP) is 8.75. The van der Waals surface area contributed by atoms with E-state index in [1.165, 1.54) is 74.5 Å². The highest BCUT2D eigenvalue weighted by Gasteiger charge is 2.06. The van der Waals surface area contributed by atoms with E-state index < -0.39 is 0 Å². The van der Waals surface area contributed by atoms with E-state index >= 15 is 0 Å². The molecule has 1 aromatic heterocycles. The van der Waals surface area contributed by atoms with Crippen LogP contribution in [0.5, 0.6) is 0 Å². The van der Waals surface area contributed by atoms with Crippen LogP contribution in [0.15, 0.2) is 67.0 Å². The highest BCUT2D eigenvalue weighted by molar-refractivity contribution is 5.61. The Morgan fingerprint density at radius 3 is 2.00 bits per heavy atom. The van der Waals surface area contributed by atoms with Gasteiger partial charge in [0.05, 0.1) is 12.7 Å². The van der Waals surface area contributed by atoms with Gasteiger partial charge in [-0.1, -0.05) is 106 Å². The summed E-state index contributed by atoms with van der Waals surface area (Å²) in [6, 6.07) is 19.3. The SMILES string of the molecule is CCCCCCCCCCc1ccc(-c2cnc(CCCC(C)OCc3ccccc3)nc2)cc1. The van der Waals surface area contributed by atoms with E-state index in [-0.39, 0.29) is 6.10 Å². The van der Waals surface area contributed by atoms with Crippen LogP contribution in [0, 0.1) is 0 Å². The van der Waals surface area contributed by atoms with Crippen molar-refractivity contribution in [1.82, 2.24) is 9.97 Å². The molecule has 3 nitrogen and oxygen atoms in total. The molecule has 1 heterocycles. The fourth-order valence-corrected chi connectivity index (χ4v) is 4.40. The quantitative estimate of drug-likeness (QED) is 0.184. The first-order chi connectivity index (χ1) is 17.2. The molecule has 0 aliphatic carbocycles. The molecule has 0 bridgehead atoms. The Morgan fingerprint density at radius 1 is 0.657 bits per heavy atom. The number of hydrogen-bond acceptors (Lipinski definition) is 3. The summed E-state index contributed by atoms with van der Waals surface area (Å²) >= 11 is 0. The van der Waals surface area contributed by atoms with E-state index in [9.17, 15) is 0 Å². The van der Waals surface area contributed by atoms with Gasteiger partial charge in [-0.15, -0.1) is 0 Å². The topological polar surface area (TPSA) is 35.0 Å². The third-order valence-electron chi connectivity index (χ3n) is 6.70. The van der Waals surface area contributed by atoms with Crippen molar-refractivity contribution in [3.63, 3.8) is 0 Å². The maximum Gasteiger partial charge on any atom is 0.128 e. The lowest BCUT2D eigenvalue weighted by Gasteiger charge is -2.12. The third-order valence-corrected chi connectivity index (χ3v) is 6.70. The number of nitrogens with zero attached hydrogens (tertiary/aromatic N) is 2. The Hall–Kier alpha value is -2.52. The molecule has 188 valence electrons. The van der Waals surface area contributed by atoms with Crippen LogP contribution in [0.3, 0.4) is 0 Å². The largest absolute Gasteiger partial charge is 0.374 e. The van der Waals surface area contributed by atoms with Gasteiger partial charge in [0.25, 0.3) is 0 Å². The molecule has 2 aromatic carbocycles. The van der Waals surface area contributed by atoms with Crippen LogP contribution >= 0.6 is 0 Å². The lowest BCUT2D eigenvalue weighted by molar-refractivity contribution is 0.0463. The van der Waals surface area contributed by atoms with Crippen molar-refractivity contribution in [3.05, 3.63) is 83.9 Å². The zero-order chi connectivity index (χ0) is 24.6. The smallest absolute Gasteiger partial charge is 0.128 e. The van der Waals surface area contributed by atoms with Crippen LogP contribution in [0.2, 0.25) is 0 Å². The Morgan fingerprint density at radius 2 is 1.31 bits per heavy atom. The summed E-state index contributed by atoms with van der Waals surface area (Å²) in [4.78, 5) is 9.23. The predicted molar refractivity (Wildman–Crippen MR) is 147 cm³/mol. The maximum absolute atomic E-state index is 5.97. The fraction of sp³-hybridized carbons (Fsp3) is 0.500. The number of aromatic nitrogens is 2. The van der Waals surface area contributed by atoms with Gasteiger partial charge in [0.2, 0.25) is 0 Å². The highest BCUT2D eigenvalue weighted by Crippen LogP contribution is 2.20. The Kier molecular flexibility index (Phi) is 12.5. The standard InChI is InChI=1S/C32H44N2O/c1-3-4-5-6-7-8-9-11-16-28-20-22-30(23-21-28)31-24-33-32(34-25-31)19-14-15-27(2)35-26-29-17-12-10-13-18-29/h10,12-13,17-18,20-25,27H,3-9,11,14-16,19,26H2,1-2H3. The number of benzene rings is 2. The molecular formula is C32H44N2O. The molecule has 35 heavy (non-hydrogen) atoms. The number of ether oxygens (including phenoxy) is 1.